The lowest BCUT2D eigenvalue weighted by Gasteiger charge is -2.35. The number of amides is 3. The smallest absolute Gasteiger partial charge is 0.397 e. The number of piperazine rings is 1. The highest BCUT2D eigenvalue weighted by molar-refractivity contribution is 6.32. The third kappa shape index (κ3) is 4.10. The van der Waals surface area contributed by atoms with E-state index in [1.807, 2.05) is 30.3 Å². The van der Waals surface area contributed by atoms with E-state index in [-0.39, 0.29) is 43.8 Å². The number of benzene rings is 1. The van der Waals surface area contributed by atoms with Crippen LogP contribution >= 0.6 is 0 Å². The molecule has 27 heavy (non-hydrogen) atoms. The molecule has 1 unspecified atom stereocenters. The number of esters is 1. The van der Waals surface area contributed by atoms with Crippen molar-refractivity contribution in [1.82, 2.24) is 9.80 Å². The Morgan fingerprint density at radius 1 is 1.04 bits per heavy atom. The summed E-state index contributed by atoms with van der Waals surface area (Å²) < 4.78 is 4.72. The molecule has 144 valence electrons. The minimum Gasteiger partial charge on any atom is -0.459 e. The van der Waals surface area contributed by atoms with Gasteiger partial charge in [0.1, 0.15) is 0 Å². The van der Waals surface area contributed by atoms with Gasteiger partial charge in [-0.3, -0.25) is 14.4 Å². The van der Waals surface area contributed by atoms with E-state index < -0.39 is 11.9 Å². The summed E-state index contributed by atoms with van der Waals surface area (Å²) in [7, 11) is 0. The van der Waals surface area contributed by atoms with Gasteiger partial charge < -0.3 is 19.4 Å². The Morgan fingerprint density at radius 3 is 2.30 bits per heavy atom. The Hall–Kier alpha value is -2.90. The highest BCUT2D eigenvalue weighted by Crippen LogP contribution is 2.26. The number of ether oxygens (including phenoxy) is 1. The summed E-state index contributed by atoms with van der Waals surface area (Å²) in [5, 5.41) is 0. The molecule has 8 heteroatoms. The average Bonchev–Trinajstić information content (AvgIpc) is 3.09. The maximum Gasteiger partial charge on any atom is 0.397 e. The van der Waals surface area contributed by atoms with Gasteiger partial charge in [0.05, 0.1) is 12.5 Å². The first kappa shape index (κ1) is 18.9. The van der Waals surface area contributed by atoms with Crippen LogP contribution in [0.4, 0.5) is 5.69 Å². The standard InChI is InChI=1S/C19H23N3O5/c1-2-27-19(26)18(25)21-10-8-20(9-11-21)17(24)14-12-16(23)22(13-14)15-6-4-3-5-7-15/h3-7,14H,2,8-13H2,1H3. The zero-order valence-corrected chi connectivity index (χ0v) is 15.3. The van der Waals surface area contributed by atoms with Crippen molar-refractivity contribution in [2.75, 3.05) is 44.2 Å². The Bertz CT molecular complexity index is 728. The molecule has 0 aliphatic carbocycles. The predicted octanol–water partition coefficient (Wildman–Crippen LogP) is 0.273. The molecule has 2 heterocycles. The quantitative estimate of drug-likeness (QED) is 0.561. The molecule has 2 aliphatic heterocycles. The maximum absolute atomic E-state index is 12.8. The summed E-state index contributed by atoms with van der Waals surface area (Å²) in [6, 6.07) is 9.30. The van der Waals surface area contributed by atoms with E-state index >= 15 is 0 Å². The molecule has 8 nitrogen and oxygen atoms in total. The van der Waals surface area contributed by atoms with Crippen molar-refractivity contribution in [2.45, 2.75) is 13.3 Å². The van der Waals surface area contributed by atoms with Crippen LogP contribution in [-0.2, 0) is 23.9 Å². The number of para-hydroxylation sites is 1. The molecule has 0 spiro atoms. The molecule has 3 amide bonds. The van der Waals surface area contributed by atoms with Crippen LogP contribution in [0.2, 0.25) is 0 Å². The summed E-state index contributed by atoms with van der Waals surface area (Å²) in [6.07, 6.45) is 0.190. The Labute approximate surface area is 157 Å². The Kier molecular flexibility index (Phi) is 5.73. The van der Waals surface area contributed by atoms with Crippen molar-refractivity contribution < 1.29 is 23.9 Å². The third-order valence-corrected chi connectivity index (χ3v) is 4.87. The zero-order chi connectivity index (χ0) is 19.4. The number of carbonyl (C=O) groups excluding carboxylic acids is 4. The Morgan fingerprint density at radius 2 is 1.67 bits per heavy atom. The molecule has 1 aromatic rings. The van der Waals surface area contributed by atoms with Crippen LogP contribution in [0.3, 0.4) is 0 Å². The van der Waals surface area contributed by atoms with Crippen molar-refractivity contribution >= 4 is 29.4 Å². The van der Waals surface area contributed by atoms with Crippen LogP contribution in [0.1, 0.15) is 13.3 Å². The van der Waals surface area contributed by atoms with Crippen LogP contribution in [0.25, 0.3) is 0 Å². The highest BCUT2D eigenvalue weighted by Gasteiger charge is 2.38. The van der Waals surface area contributed by atoms with E-state index in [0.29, 0.717) is 19.6 Å². The lowest BCUT2D eigenvalue weighted by Crippen LogP contribution is -2.53. The molecular formula is C19H23N3O5. The maximum atomic E-state index is 12.8. The molecule has 1 atom stereocenters. The fourth-order valence-corrected chi connectivity index (χ4v) is 3.44. The fourth-order valence-electron chi connectivity index (χ4n) is 3.44. The molecule has 0 radical (unpaired) electrons. The molecule has 2 fully saturated rings. The minimum atomic E-state index is -0.864. The van der Waals surface area contributed by atoms with Gasteiger partial charge in [0.2, 0.25) is 11.8 Å². The van der Waals surface area contributed by atoms with E-state index in [1.54, 1.807) is 16.7 Å². The van der Waals surface area contributed by atoms with Crippen molar-refractivity contribution in [1.29, 1.82) is 0 Å². The van der Waals surface area contributed by atoms with Gasteiger partial charge in [-0.25, -0.2) is 4.79 Å². The summed E-state index contributed by atoms with van der Waals surface area (Å²) in [5.74, 6) is -2.06. The van der Waals surface area contributed by atoms with E-state index in [9.17, 15) is 19.2 Å². The van der Waals surface area contributed by atoms with Gasteiger partial charge in [-0.05, 0) is 19.1 Å². The topological polar surface area (TPSA) is 87.2 Å². The zero-order valence-electron chi connectivity index (χ0n) is 15.3. The molecule has 2 saturated heterocycles. The van der Waals surface area contributed by atoms with Crippen molar-refractivity contribution in [2.24, 2.45) is 5.92 Å². The third-order valence-electron chi connectivity index (χ3n) is 4.87. The number of carbonyl (C=O) groups is 4. The average molecular weight is 373 g/mol. The molecule has 0 N–H and O–H groups in total. The Balaban J connectivity index is 1.55. The second-order valence-corrected chi connectivity index (χ2v) is 6.58. The van der Waals surface area contributed by atoms with Gasteiger partial charge in [0.25, 0.3) is 0 Å². The SMILES string of the molecule is CCOC(=O)C(=O)N1CCN(C(=O)C2CC(=O)N(c3ccccc3)C2)CC1. The van der Waals surface area contributed by atoms with Crippen LogP contribution < -0.4 is 4.90 Å². The predicted molar refractivity (Wildman–Crippen MR) is 96.7 cm³/mol. The molecule has 0 bridgehead atoms. The number of rotatable bonds is 3. The summed E-state index contributed by atoms with van der Waals surface area (Å²) in [6.45, 7) is 3.42. The monoisotopic (exact) mass is 373 g/mol. The van der Waals surface area contributed by atoms with E-state index in [4.69, 9.17) is 4.74 Å². The molecule has 1 aromatic carbocycles. The van der Waals surface area contributed by atoms with Gasteiger partial charge in [0.15, 0.2) is 0 Å². The number of nitrogens with zero attached hydrogens (tertiary/aromatic N) is 3. The second-order valence-electron chi connectivity index (χ2n) is 6.58. The van der Waals surface area contributed by atoms with Gasteiger partial charge in [-0.1, -0.05) is 18.2 Å². The largest absolute Gasteiger partial charge is 0.459 e. The molecule has 0 saturated carbocycles. The van der Waals surface area contributed by atoms with Crippen molar-refractivity contribution in [3.63, 3.8) is 0 Å². The second kappa shape index (κ2) is 8.20. The van der Waals surface area contributed by atoms with E-state index in [2.05, 4.69) is 0 Å². The molecular weight excluding hydrogens is 350 g/mol. The highest BCUT2D eigenvalue weighted by atomic mass is 16.5. The van der Waals surface area contributed by atoms with Gasteiger partial charge in [0, 0.05) is 44.8 Å². The minimum absolute atomic E-state index is 0.0596. The number of hydrogen-bond acceptors (Lipinski definition) is 5. The summed E-state index contributed by atoms with van der Waals surface area (Å²) in [4.78, 5) is 53.3. The number of hydrogen-bond donors (Lipinski definition) is 0. The van der Waals surface area contributed by atoms with Crippen LogP contribution in [-0.4, -0.2) is 72.8 Å². The molecule has 3 rings (SSSR count). The first-order valence-corrected chi connectivity index (χ1v) is 9.11. The molecule has 0 aromatic heterocycles. The lowest BCUT2D eigenvalue weighted by molar-refractivity contribution is -0.161. The first-order chi connectivity index (χ1) is 13.0. The van der Waals surface area contributed by atoms with E-state index in [0.717, 1.165) is 5.69 Å². The number of anilines is 1. The first-order valence-electron chi connectivity index (χ1n) is 9.11. The van der Waals surface area contributed by atoms with Crippen LogP contribution in [0.5, 0.6) is 0 Å². The van der Waals surface area contributed by atoms with Crippen molar-refractivity contribution in [3.05, 3.63) is 30.3 Å². The summed E-state index contributed by atoms with van der Waals surface area (Å²) in [5.41, 5.74) is 0.794. The van der Waals surface area contributed by atoms with Crippen LogP contribution in [0.15, 0.2) is 30.3 Å². The fraction of sp³-hybridized carbons (Fsp3) is 0.474. The van der Waals surface area contributed by atoms with Crippen LogP contribution in [0, 0.1) is 5.92 Å². The van der Waals surface area contributed by atoms with Crippen molar-refractivity contribution in [3.8, 4) is 0 Å². The van der Waals surface area contributed by atoms with Gasteiger partial charge >= 0.3 is 11.9 Å². The van der Waals surface area contributed by atoms with Gasteiger partial charge in [-0.15, -0.1) is 0 Å². The van der Waals surface area contributed by atoms with E-state index in [1.165, 1.54) is 4.90 Å². The summed E-state index contributed by atoms with van der Waals surface area (Å²) >= 11 is 0. The van der Waals surface area contributed by atoms with Gasteiger partial charge in [-0.2, -0.15) is 0 Å². The molecule has 2 aliphatic rings. The normalized spacial score (nSPS) is 20.0. The lowest BCUT2D eigenvalue weighted by atomic mass is 10.1.